The zero-order valence-electron chi connectivity index (χ0n) is 37.7. The van der Waals surface area contributed by atoms with Crippen LogP contribution < -0.4 is 0 Å². The molecule has 0 radical (unpaired) electrons. The highest BCUT2D eigenvalue weighted by molar-refractivity contribution is 5.71. The molecule has 0 heterocycles. The summed E-state index contributed by atoms with van der Waals surface area (Å²) in [5, 5.41) is 0. The maximum atomic E-state index is 12.7. The minimum Gasteiger partial charge on any atom is -0.462 e. The quantitative estimate of drug-likeness (QED) is 0.0201. The molecular weight excluding hydrogens is 733 g/mol. The van der Waals surface area contributed by atoms with Crippen LogP contribution in [0.15, 0.2) is 109 Å². The normalized spacial score (nSPS) is 13.1. The summed E-state index contributed by atoms with van der Waals surface area (Å²) in [5.41, 5.74) is 0. The highest BCUT2D eigenvalue weighted by atomic mass is 16.6. The molecule has 0 spiro atoms. The second kappa shape index (κ2) is 46.8. The van der Waals surface area contributed by atoms with E-state index in [-0.39, 0.29) is 37.5 Å². The summed E-state index contributed by atoms with van der Waals surface area (Å²) in [5.74, 6) is -0.983. The van der Waals surface area contributed by atoms with Gasteiger partial charge in [-0.1, -0.05) is 175 Å². The third kappa shape index (κ3) is 45.0. The lowest BCUT2D eigenvalue weighted by Gasteiger charge is -2.18. The highest BCUT2D eigenvalue weighted by Gasteiger charge is 2.19. The van der Waals surface area contributed by atoms with Crippen LogP contribution in [0.1, 0.15) is 188 Å². The topological polar surface area (TPSA) is 78.9 Å². The Kier molecular flexibility index (Phi) is 43.6. The first-order valence-corrected chi connectivity index (χ1v) is 23.4. The summed E-state index contributed by atoms with van der Waals surface area (Å²) in [6.07, 6.45) is 62.1. The van der Waals surface area contributed by atoms with Gasteiger partial charge in [0.05, 0.1) is 0 Å². The van der Waals surface area contributed by atoms with Crippen LogP contribution in [0.3, 0.4) is 0 Å². The van der Waals surface area contributed by atoms with Crippen molar-refractivity contribution in [2.75, 3.05) is 13.2 Å². The Morgan fingerprint density at radius 1 is 0.356 bits per heavy atom. The highest BCUT2D eigenvalue weighted by Crippen LogP contribution is 2.12. The fourth-order valence-electron chi connectivity index (χ4n) is 5.88. The van der Waals surface area contributed by atoms with Crippen LogP contribution >= 0.6 is 0 Å². The fourth-order valence-corrected chi connectivity index (χ4v) is 5.88. The summed E-state index contributed by atoms with van der Waals surface area (Å²) in [7, 11) is 0. The number of carbonyl (C=O) groups is 3. The molecule has 0 aromatic heterocycles. The smallest absolute Gasteiger partial charge is 0.306 e. The van der Waals surface area contributed by atoms with Gasteiger partial charge in [-0.15, -0.1) is 0 Å². The Morgan fingerprint density at radius 3 is 1.14 bits per heavy atom. The molecule has 1 atom stereocenters. The van der Waals surface area contributed by atoms with Crippen molar-refractivity contribution in [3.8, 4) is 0 Å². The van der Waals surface area contributed by atoms with Gasteiger partial charge in [0.15, 0.2) is 6.10 Å². The molecule has 0 fully saturated rings. The summed E-state index contributed by atoms with van der Waals surface area (Å²) in [6.45, 7) is 6.19. The summed E-state index contributed by atoms with van der Waals surface area (Å²) < 4.78 is 16.7. The first-order chi connectivity index (χ1) is 29.0. The van der Waals surface area contributed by atoms with Crippen molar-refractivity contribution in [2.45, 2.75) is 194 Å². The number of hydrogen-bond acceptors (Lipinski definition) is 6. The van der Waals surface area contributed by atoms with Crippen molar-refractivity contribution in [3.63, 3.8) is 0 Å². The van der Waals surface area contributed by atoms with E-state index in [1.807, 2.05) is 6.08 Å². The summed E-state index contributed by atoms with van der Waals surface area (Å²) >= 11 is 0. The predicted octanol–water partition coefficient (Wildman–Crippen LogP) is 15.2. The van der Waals surface area contributed by atoms with E-state index in [4.69, 9.17) is 14.2 Å². The van der Waals surface area contributed by atoms with E-state index in [1.165, 1.54) is 0 Å². The molecule has 0 saturated carbocycles. The molecule has 0 aliphatic carbocycles. The van der Waals surface area contributed by atoms with Gasteiger partial charge in [-0.05, 0) is 103 Å². The van der Waals surface area contributed by atoms with Crippen LogP contribution in [0.25, 0.3) is 0 Å². The number of unbranched alkanes of at least 4 members (excludes halogenated alkanes) is 13. The predicted molar refractivity (Wildman–Crippen MR) is 251 cm³/mol. The van der Waals surface area contributed by atoms with E-state index in [9.17, 15) is 14.4 Å². The number of esters is 3. The van der Waals surface area contributed by atoms with Crippen molar-refractivity contribution in [1.82, 2.24) is 0 Å². The van der Waals surface area contributed by atoms with Crippen LogP contribution in [0.2, 0.25) is 0 Å². The molecule has 0 N–H and O–H groups in total. The molecule has 0 aliphatic rings. The van der Waals surface area contributed by atoms with Crippen molar-refractivity contribution in [1.29, 1.82) is 0 Å². The van der Waals surface area contributed by atoms with Gasteiger partial charge in [-0.2, -0.15) is 0 Å². The van der Waals surface area contributed by atoms with Crippen molar-refractivity contribution in [2.24, 2.45) is 0 Å². The Labute approximate surface area is 361 Å². The molecule has 0 rings (SSSR count). The number of allylic oxidation sites excluding steroid dienone is 18. The lowest BCUT2D eigenvalue weighted by atomic mass is 10.1. The summed E-state index contributed by atoms with van der Waals surface area (Å²) in [4.78, 5) is 37.8. The molecule has 0 aromatic rings. The van der Waals surface area contributed by atoms with E-state index in [0.29, 0.717) is 12.8 Å². The second-order valence-electron chi connectivity index (χ2n) is 14.9. The van der Waals surface area contributed by atoms with Gasteiger partial charge in [0.1, 0.15) is 13.2 Å². The van der Waals surface area contributed by atoms with Gasteiger partial charge in [-0.25, -0.2) is 0 Å². The van der Waals surface area contributed by atoms with Crippen LogP contribution in [-0.2, 0) is 28.6 Å². The van der Waals surface area contributed by atoms with Gasteiger partial charge < -0.3 is 14.2 Å². The second-order valence-corrected chi connectivity index (χ2v) is 14.9. The van der Waals surface area contributed by atoms with E-state index in [1.54, 1.807) is 0 Å². The average Bonchev–Trinajstić information content (AvgIpc) is 3.23. The van der Waals surface area contributed by atoms with Gasteiger partial charge in [0.25, 0.3) is 0 Å². The largest absolute Gasteiger partial charge is 0.462 e. The van der Waals surface area contributed by atoms with Crippen LogP contribution in [0.4, 0.5) is 0 Å². The average molecular weight is 817 g/mol. The monoisotopic (exact) mass is 817 g/mol. The molecule has 0 aliphatic heterocycles. The van der Waals surface area contributed by atoms with E-state index < -0.39 is 6.10 Å². The first-order valence-electron chi connectivity index (χ1n) is 23.4. The number of carbonyl (C=O) groups excluding carboxylic acids is 3. The zero-order chi connectivity index (χ0) is 43.0. The molecule has 0 amide bonds. The van der Waals surface area contributed by atoms with Crippen molar-refractivity contribution in [3.05, 3.63) is 109 Å². The standard InChI is InChI=1S/C53H84O6/c1-4-7-10-13-16-19-22-25-28-31-34-37-40-43-46-52(55)58-49-50(48-57-51(54)45-42-39-36-33-30-27-24-21-18-15-12-9-6-3)59-53(56)47-44-41-38-35-32-29-26-23-20-17-14-11-8-5-2/h7-12,15-21,24-26,28-29,50H,4-6,13-14,22-23,27,30-49H2,1-3H3/b10-7-,11-8-,12-9-,18-15-,19-16-,20-17-,24-21-,28-25-,29-26-. The zero-order valence-corrected chi connectivity index (χ0v) is 37.7. The number of rotatable bonds is 40. The molecule has 332 valence electrons. The van der Waals surface area contributed by atoms with Gasteiger partial charge in [0.2, 0.25) is 0 Å². The minimum absolute atomic E-state index is 0.108. The van der Waals surface area contributed by atoms with Crippen LogP contribution in [0.5, 0.6) is 0 Å². The van der Waals surface area contributed by atoms with Gasteiger partial charge in [0, 0.05) is 19.3 Å². The molecule has 6 nitrogen and oxygen atoms in total. The third-order valence-corrected chi connectivity index (χ3v) is 9.31. The van der Waals surface area contributed by atoms with Crippen molar-refractivity contribution < 1.29 is 28.6 Å². The molecule has 1 unspecified atom stereocenters. The Bertz CT molecular complexity index is 1260. The maximum Gasteiger partial charge on any atom is 0.306 e. The van der Waals surface area contributed by atoms with Gasteiger partial charge >= 0.3 is 17.9 Å². The number of hydrogen-bond donors (Lipinski definition) is 0. The summed E-state index contributed by atoms with van der Waals surface area (Å²) in [6, 6.07) is 0. The Hall–Kier alpha value is -3.93. The molecule has 6 heteroatoms. The fraction of sp³-hybridized carbons (Fsp3) is 0.604. The van der Waals surface area contributed by atoms with Crippen LogP contribution in [0, 0.1) is 0 Å². The molecule has 0 saturated heterocycles. The lowest BCUT2D eigenvalue weighted by Crippen LogP contribution is -2.30. The van der Waals surface area contributed by atoms with Crippen molar-refractivity contribution >= 4 is 17.9 Å². The van der Waals surface area contributed by atoms with Gasteiger partial charge in [-0.3, -0.25) is 14.4 Å². The molecule has 0 aromatic carbocycles. The first kappa shape index (κ1) is 55.1. The number of ether oxygens (including phenoxy) is 3. The third-order valence-electron chi connectivity index (χ3n) is 9.31. The Morgan fingerprint density at radius 2 is 0.695 bits per heavy atom. The molecule has 59 heavy (non-hydrogen) atoms. The molecular formula is C53H84O6. The lowest BCUT2D eigenvalue weighted by molar-refractivity contribution is -0.167. The van der Waals surface area contributed by atoms with E-state index in [2.05, 4.69) is 124 Å². The SMILES string of the molecule is CC\C=C/C=C\C=C/CCCCCCCC(=O)OCC(COC(=O)CCCCCC/C=C\C/C=C\C/C=C\CC)OC(=O)CCCCCC/C=C\C/C=C\C/C=C\CC. The van der Waals surface area contributed by atoms with E-state index in [0.717, 1.165) is 148 Å². The van der Waals surface area contributed by atoms with E-state index >= 15 is 0 Å². The Balaban J connectivity index is 4.52. The minimum atomic E-state index is -0.808. The molecule has 0 bridgehead atoms. The maximum absolute atomic E-state index is 12.7. The van der Waals surface area contributed by atoms with Crippen LogP contribution in [-0.4, -0.2) is 37.2 Å².